The molecule has 0 aliphatic heterocycles. The van der Waals surface area contributed by atoms with Crippen LogP contribution >= 0.6 is 22.7 Å². The molecule has 5 nitrogen and oxygen atoms in total. The minimum Gasteiger partial charge on any atom is -0.347 e. The standard InChI is InChI=1S/C20H17N3O2S2/c1-13(16-8-5-9-26-16)22-18(24)11-23-12-21-15-10-17(27-19(15)20(23)25)14-6-3-2-4-7-14/h2-10,12-13H,11H2,1H3,(H,22,24)/t13-/m1/s1. The lowest BCUT2D eigenvalue weighted by Crippen LogP contribution is -2.33. The van der Waals surface area contributed by atoms with Gasteiger partial charge in [0.05, 0.1) is 17.9 Å². The summed E-state index contributed by atoms with van der Waals surface area (Å²) < 4.78 is 1.93. The number of carbonyl (C=O) groups excluding carboxylic acids is 1. The van der Waals surface area contributed by atoms with E-state index < -0.39 is 0 Å². The van der Waals surface area contributed by atoms with Gasteiger partial charge in [0.2, 0.25) is 5.91 Å². The lowest BCUT2D eigenvalue weighted by atomic mass is 10.2. The molecule has 0 fully saturated rings. The van der Waals surface area contributed by atoms with Crippen LogP contribution in [0.25, 0.3) is 20.7 Å². The van der Waals surface area contributed by atoms with Crippen molar-refractivity contribution in [3.05, 3.63) is 75.5 Å². The Labute approximate surface area is 163 Å². The fourth-order valence-corrected chi connectivity index (χ4v) is 4.65. The van der Waals surface area contributed by atoms with Crippen molar-refractivity contribution in [1.29, 1.82) is 0 Å². The highest BCUT2D eigenvalue weighted by atomic mass is 32.1. The predicted molar refractivity (Wildman–Crippen MR) is 110 cm³/mol. The molecule has 136 valence electrons. The van der Waals surface area contributed by atoms with Crippen LogP contribution in [-0.4, -0.2) is 15.5 Å². The molecule has 0 radical (unpaired) electrons. The van der Waals surface area contributed by atoms with Crippen LogP contribution in [0.2, 0.25) is 0 Å². The molecule has 0 aliphatic carbocycles. The number of nitrogens with zero attached hydrogens (tertiary/aromatic N) is 2. The van der Waals surface area contributed by atoms with E-state index in [1.165, 1.54) is 22.2 Å². The first-order chi connectivity index (χ1) is 13.1. The van der Waals surface area contributed by atoms with Gasteiger partial charge >= 0.3 is 0 Å². The molecule has 0 saturated carbocycles. The zero-order valence-electron chi connectivity index (χ0n) is 14.6. The van der Waals surface area contributed by atoms with E-state index in [-0.39, 0.29) is 24.1 Å². The summed E-state index contributed by atoms with van der Waals surface area (Å²) >= 11 is 3.00. The summed E-state index contributed by atoms with van der Waals surface area (Å²) in [4.78, 5) is 31.6. The van der Waals surface area contributed by atoms with E-state index in [0.29, 0.717) is 10.2 Å². The van der Waals surface area contributed by atoms with Crippen LogP contribution in [0.1, 0.15) is 17.8 Å². The third kappa shape index (κ3) is 3.70. The van der Waals surface area contributed by atoms with Gasteiger partial charge in [0.15, 0.2) is 0 Å². The number of hydrogen-bond acceptors (Lipinski definition) is 5. The van der Waals surface area contributed by atoms with E-state index in [1.54, 1.807) is 11.3 Å². The second-order valence-electron chi connectivity index (χ2n) is 6.17. The van der Waals surface area contributed by atoms with Crippen LogP contribution in [0, 0.1) is 0 Å². The summed E-state index contributed by atoms with van der Waals surface area (Å²) in [5.74, 6) is -0.209. The Morgan fingerprint density at radius 3 is 2.78 bits per heavy atom. The molecule has 0 saturated heterocycles. The Bertz CT molecular complexity index is 1130. The van der Waals surface area contributed by atoms with Crippen LogP contribution in [0.15, 0.2) is 65.0 Å². The van der Waals surface area contributed by atoms with Gasteiger partial charge in [-0.2, -0.15) is 0 Å². The highest BCUT2D eigenvalue weighted by molar-refractivity contribution is 7.22. The van der Waals surface area contributed by atoms with Gasteiger partial charge in [-0.3, -0.25) is 14.2 Å². The second-order valence-corrected chi connectivity index (χ2v) is 8.20. The molecule has 1 amide bonds. The molecule has 0 aliphatic rings. The predicted octanol–water partition coefficient (Wildman–Crippen LogP) is 4.06. The van der Waals surface area contributed by atoms with Gasteiger partial charge in [-0.05, 0) is 30.0 Å². The van der Waals surface area contributed by atoms with Gasteiger partial charge in [-0.1, -0.05) is 36.4 Å². The third-order valence-electron chi connectivity index (χ3n) is 4.22. The molecule has 3 aromatic heterocycles. The largest absolute Gasteiger partial charge is 0.347 e. The van der Waals surface area contributed by atoms with Crippen LogP contribution in [0.3, 0.4) is 0 Å². The number of rotatable bonds is 5. The molecule has 0 unspecified atom stereocenters. The van der Waals surface area contributed by atoms with E-state index in [1.807, 2.05) is 60.8 Å². The number of nitrogens with one attached hydrogen (secondary N) is 1. The van der Waals surface area contributed by atoms with Crippen molar-refractivity contribution in [3.63, 3.8) is 0 Å². The fraction of sp³-hybridized carbons (Fsp3) is 0.150. The normalized spacial score (nSPS) is 12.2. The van der Waals surface area contributed by atoms with Gasteiger partial charge in [-0.25, -0.2) is 4.98 Å². The first-order valence-electron chi connectivity index (χ1n) is 8.49. The monoisotopic (exact) mass is 395 g/mol. The van der Waals surface area contributed by atoms with Gasteiger partial charge in [-0.15, -0.1) is 22.7 Å². The van der Waals surface area contributed by atoms with Crippen LogP contribution in [-0.2, 0) is 11.3 Å². The number of thiophene rings is 2. The fourth-order valence-electron chi connectivity index (χ4n) is 2.85. The SMILES string of the molecule is C[C@@H](NC(=O)Cn1cnc2cc(-c3ccccc3)sc2c1=O)c1cccs1. The van der Waals surface area contributed by atoms with Crippen molar-refractivity contribution in [2.75, 3.05) is 0 Å². The lowest BCUT2D eigenvalue weighted by molar-refractivity contribution is -0.122. The molecule has 3 heterocycles. The van der Waals surface area contributed by atoms with Crippen molar-refractivity contribution in [2.45, 2.75) is 19.5 Å². The van der Waals surface area contributed by atoms with Crippen LogP contribution < -0.4 is 10.9 Å². The molecule has 4 rings (SSSR count). The van der Waals surface area contributed by atoms with Gasteiger partial charge in [0.1, 0.15) is 11.2 Å². The summed E-state index contributed by atoms with van der Waals surface area (Å²) in [6.07, 6.45) is 1.45. The Hall–Kier alpha value is -2.77. The molecule has 1 N–H and O–H groups in total. The molecule has 27 heavy (non-hydrogen) atoms. The zero-order valence-corrected chi connectivity index (χ0v) is 16.2. The molecule has 7 heteroatoms. The molecule has 0 spiro atoms. The zero-order chi connectivity index (χ0) is 18.8. The van der Waals surface area contributed by atoms with Gasteiger partial charge in [0, 0.05) is 9.75 Å². The van der Waals surface area contributed by atoms with E-state index in [4.69, 9.17) is 0 Å². The summed E-state index contributed by atoms with van der Waals surface area (Å²) in [5, 5.41) is 4.90. The molecular weight excluding hydrogens is 378 g/mol. The Balaban J connectivity index is 1.56. The number of fused-ring (bicyclic) bond motifs is 1. The molecule has 1 aromatic carbocycles. The van der Waals surface area contributed by atoms with E-state index >= 15 is 0 Å². The molecule has 0 bridgehead atoms. The second kappa shape index (κ2) is 7.46. The molecule has 4 aromatic rings. The summed E-state index contributed by atoms with van der Waals surface area (Å²) in [7, 11) is 0. The van der Waals surface area contributed by atoms with Gasteiger partial charge in [0.25, 0.3) is 5.56 Å². The molecular formula is C20H17N3O2S2. The van der Waals surface area contributed by atoms with Crippen molar-refractivity contribution >= 4 is 38.8 Å². The quantitative estimate of drug-likeness (QED) is 0.554. The minimum atomic E-state index is -0.209. The van der Waals surface area contributed by atoms with Crippen LogP contribution in [0.5, 0.6) is 0 Å². The number of aromatic nitrogens is 2. The Morgan fingerprint density at radius 2 is 2.04 bits per heavy atom. The van der Waals surface area contributed by atoms with Crippen molar-refractivity contribution in [2.24, 2.45) is 0 Å². The third-order valence-corrected chi connectivity index (χ3v) is 6.44. The number of benzene rings is 1. The Morgan fingerprint density at radius 1 is 1.22 bits per heavy atom. The van der Waals surface area contributed by atoms with Crippen molar-refractivity contribution in [3.8, 4) is 10.4 Å². The maximum absolute atomic E-state index is 12.8. The smallest absolute Gasteiger partial charge is 0.271 e. The summed E-state index contributed by atoms with van der Waals surface area (Å²) in [6, 6.07) is 15.6. The highest BCUT2D eigenvalue weighted by Gasteiger charge is 2.14. The first-order valence-corrected chi connectivity index (χ1v) is 10.2. The van der Waals surface area contributed by atoms with Gasteiger partial charge < -0.3 is 5.32 Å². The summed E-state index contributed by atoms with van der Waals surface area (Å²) in [5.41, 5.74) is 1.52. The van der Waals surface area contributed by atoms with Crippen molar-refractivity contribution in [1.82, 2.24) is 14.9 Å². The van der Waals surface area contributed by atoms with Crippen LogP contribution in [0.4, 0.5) is 0 Å². The minimum absolute atomic E-state index is 0.0456. The number of carbonyl (C=O) groups is 1. The maximum Gasteiger partial charge on any atom is 0.271 e. The first kappa shape index (κ1) is 17.6. The average Bonchev–Trinajstić information content (AvgIpc) is 3.35. The van der Waals surface area contributed by atoms with E-state index in [2.05, 4.69) is 10.3 Å². The highest BCUT2D eigenvalue weighted by Crippen LogP contribution is 2.30. The topological polar surface area (TPSA) is 64.0 Å². The number of hydrogen-bond donors (Lipinski definition) is 1. The maximum atomic E-state index is 12.8. The van der Waals surface area contributed by atoms with Crippen molar-refractivity contribution < 1.29 is 4.79 Å². The summed E-state index contributed by atoms with van der Waals surface area (Å²) in [6.45, 7) is 1.88. The Kier molecular flexibility index (Phi) is 4.87. The molecule has 1 atom stereocenters. The lowest BCUT2D eigenvalue weighted by Gasteiger charge is -2.12. The average molecular weight is 396 g/mol. The van der Waals surface area contributed by atoms with E-state index in [0.717, 1.165) is 15.3 Å². The van der Waals surface area contributed by atoms with E-state index in [9.17, 15) is 9.59 Å². The number of amides is 1.